The summed E-state index contributed by atoms with van der Waals surface area (Å²) in [4.78, 5) is 11.3. The van der Waals surface area contributed by atoms with Gasteiger partial charge in [-0.2, -0.15) is 5.10 Å². The third kappa shape index (κ3) is 2.09. The van der Waals surface area contributed by atoms with Gasteiger partial charge in [0.1, 0.15) is 0 Å². The summed E-state index contributed by atoms with van der Waals surface area (Å²) in [5.74, 6) is -0.138. The van der Waals surface area contributed by atoms with Gasteiger partial charge in [0.2, 0.25) is 5.91 Å². The molecule has 0 spiro atoms. The Labute approximate surface area is 95.0 Å². The Bertz CT molecular complexity index is 374. The minimum Gasteiger partial charge on any atom is -0.369 e. The van der Waals surface area contributed by atoms with Crippen LogP contribution < -0.4 is 11.1 Å². The van der Waals surface area contributed by atoms with Crippen molar-refractivity contribution in [2.75, 3.05) is 13.1 Å². The number of primary amides is 1. The lowest BCUT2D eigenvalue weighted by atomic mass is 9.90. The summed E-state index contributed by atoms with van der Waals surface area (Å²) in [5, 5.41) is 7.49. The highest BCUT2D eigenvalue weighted by atomic mass is 16.1. The van der Waals surface area contributed by atoms with Crippen LogP contribution in [0.2, 0.25) is 0 Å². The molecular formula is C11H18N4O. The molecule has 1 aromatic heterocycles. The van der Waals surface area contributed by atoms with Crippen LogP contribution in [0.3, 0.4) is 0 Å². The van der Waals surface area contributed by atoms with Crippen LogP contribution in [0.15, 0.2) is 12.4 Å². The van der Waals surface area contributed by atoms with Gasteiger partial charge < -0.3 is 11.1 Å². The highest BCUT2D eigenvalue weighted by molar-refractivity contribution is 5.78. The van der Waals surface area contributed by atoms with E-state index in [9.17, 15) is 4.79 Å². The highest BCUT2D eigenvalue weighted by Gasteiger charge is 2.33. The maximum atomic E-state index is 11.3. The lowest BCUT2D eigenvalue weighted by molar-refractivity contribution is -0.121. The lowest BCUT2D eigenvalue weighted by Crippen LogP contribution is -2.28. The van der Waals surface area contributed by atoms with Gasteiger partial charge in [0, 0.05) is 31.7 Å². The SMILES string of the molecule is CCCn1cc(C2CNCC2C(N)=O)cn1. The predicted molar refractivity (Wildman–Crippen MR) is 60.8 cm³/mol. The molecule has 1 aliphatic heterocycles. The van der Waals surface area contributed by atoms with Gasteiger partial charge in [-0.1, -0.05) is 6.92 Å². The number of hydrogen-bond acceptors (Lipinski definition) is 3. The van der Waals surface area contributed by atoms with Crippen LogP contribution in [0.25, 0.3) is 0 Å². The zero-order valence-corrected chi connectivity index (χ0v) is 9.52. The number of carbonyl (C=O) groups excluding carboxylic acids is 1. The van der Waals surface area contributed by atoms with E-state index in [0.717, 1.165) is 25.1 Å². The number of nitrogens with two attached hydrogens (primary N) is 1. The standard InChI is InChI=1S/C11H18N4O/c1-2-3-15-7-8(4-14-15)9-5-13-6-10(9)11(12)16/h4,7,9-10,13H,2-3,5-6H2,1H3,(H2,12,16). The van der Waals surface area contributed by atoms with Crippen molar-refractivity contribution >= 4 is 5.91 Å². The molecule has 0 bridgehead atoms. The fraction of sp³-hybridized carbons (Fsp3) is 0.636. The van der Waals surface area contributed by atoms with E-state index < -0.39 is 0 Å². The fourth-order valence-corrected chi connectivity index (χ4v) is 2.25. The fourth-order valence-electron chi connectivity index (χ4n) is 2.25. The molecule has 2 unspecified atom stereocenters. The summed E-state index contributed by atoms with van der Waals surface area (Å²) in [6.45, 7) is 4.52. The molecule has 2 heterocycles. The second-order valence-electron chi connectivity index (χ2n) is 4.31. The van der Waals surface area contributed by atoms with E-state index in [0.29, 0.717) is 6.54 Å². The quantitative estimate of drug-likeness (QED) is 0.758. The topological polar surface area (TPSA) is 72.9 Å². The van der Waals surface area contributed by atoms with E-state index in [2.05, 4.69) is 17.3 Å². The number of hydrogen-bond donors (Lipinski definition) is 2. The highest BCUT2D eigenvalue weighted by Crippen LogP contribution is 2.27. The predicted octanol–water partition coefficient (Wildman–Crippen LogP) is 0.0814. The van der Waals surface area contributed by atoms with Gasteiger partial charge in [-0.15, -0.1) is 0 Å². The van der Waals surface area contributed by atoms with Crippen LogP contribution in [0, 0.1) is 5.92 Å². The average Bonchev–Trinajstić information content (AvgIpc) is 2.83. The Hall–Kier alpha value is -1.36. The minimum absolute atomic E-state index is 0.0979. The van der Waals surface area contributed by atoms with Crippen LogP contribution >= 0.6 is 0 Å². The Morgan fingerprint density at radius 3 is 3.19 bits per heavy atom. The average molecular weight is 222 g/mol. The summed E-state index contributed by atoms with van der Waals surface area (Å²) in [5.41, 5.74) is 6.50. The molecule has 1 amide bonds. The van der Waals surface area contributed by atoms with Crippen LogP contribution in [0.5, 0.6) is 0 Å². The molecule has 5 heteroatoms. The molecule has 1 saturated heterocycles. The first-order chi connectivity index (χ1) is 7.72. The van der Waals surface area contributed by atoms with Crippen molar-refractivity contribution in [3.63, 3.8) is 0 Å². The van der Waals surface area contributed by atoms with Crippen LogP contribution in [0.4, 0.5) is 0 Å². The molecule has 0 aliphatic carbocycles. The number of amides is 1. The molecule has 0 saturated carbocycles. The van der Waals surface area contributed by atoms with Gasteiger partial charge in [0.15, 0.2) is 0 Å². The zero-order chi connectivity index (χ0) is 11.5. The Kier molecular flexibility index (Phi) is 3.24. The Morgan fingerprint density at radius 1 is 1.69 bits per heavy atom. The molecule has 2 rings (SSSR count). The Balaban J connectivity index is 2.13. The molecule has 1 fully saturated rings. The maximum absolute atomic E-state index is 11.3. The molecule has 5 nitrogen and oxygen atoms in total. The van der Waals surface area contributed by atoms with E-state index in [1.807, 2.05) is 17.1 Å². The van der Waals surface area contributed by atoms with Crippen molar-refractivity contribution in [2.24, 2.45) is 11.7 Å². The molecule has 88 valence electrons. The third-order valence-electron chi connectivity index (χ3n) is 3.11. The monoisotopic (exact) mass is 222 g/mol. The second-order valence-corrected chi connectivity index (χ2v) is 4.31. The molecule has 0 radical (unpaired) electrons. The molecule has 1 aromatic rings. The van der Waals surface area contributed by atoms with Gasteiger partial charge in [-0.05, 0) is 12.0 Å². The summed E-state index contributed by atoms with van der Waals surface area (Å²) in [6, 6.07) is 0. The summed E-state index contributed by atoms with van der Waals surface area (Å²) < 4.78 is 1.92. The molecular weight excluding hydrogens is 204 g/mol. The first-order valence-electron chi connectivity index (χ1n) is 5.74. The lowest BCUT2D eigenvalue weighted by Gasteiger charge is -2.12. The minimum atomic E-state index is -0.224. The van der Waals surface area contributed by atoms with Crippen molar-refractivity contribution < 1.29 is 4.79 Å². The number of carbonyl (C=O) groups is 1. The van der Waals surface area contributed by atoms with Crippen molar-refractivity contribution in [1.82, 2.24) is 15.1 Å². The largest absolute Gasteiger partial charge is 0.369 e. The number of nitrogens with zero attached hydrogens (tertiary/aromatic N) is 2. The first kappa shape index (κ1) is 11.1. The number of aryl methyl sites for hydroxylation is 1. The van der Waals surface area contributed by atoms with Crippen LogP contribution in [-0.4, -0.2) is 28.8 Å². The van der Waals surface area contributed by atoms with Gasteiger partial charge in [-0.25, -0.2) is 0 Å². The number of rotatable bonds is 4. The van der Waals surface area contributed by atoms with E-state index in [1.54, 1.807) is 0 Å². The molecule has 1 aliphatic rings. The summed E-state index contributed by atoms with van der Waals surface area (Å²) >= 11 is 0. The summed E-state index contributed by atoms with van der Waals surface area (Å²) in [7, 11) is 0. The van der Waals surface area contributed by atoms with Gasteiger partial charge in [0.25, 0.3) is 0 Å². The smallest absolute Gasteiger partial charge is 0.222 e. The van der Waals surface area contributed by atoms with Gasteiger partial charge in [0.05, 0.1) is 12.1 Å². The first-order valence-corrected chi connectivity index (χ1v) is 5.74. The Morgan fingerprint density at radius 2 is 2.50 bits per heavy atom. The normalized spacial score (nSPS) is 24.8. The molecule has 3 N–H and O–H groups in total. The van der Waals surface area contributed by atoms with Crippen molar-refractivity contribution in [3.05, 3.63) is 18.0 Å². The van der Waals surface area contributed by atoms with Crippen molar-refractivity contribution in [2.45, 2.75) is 25.8 Å². The van der Waals surface area contributed by atoms with E-state index >= 15 is 0 Å². The molecule has 0 aromatic carbocycles. The van der Waals surface area contributed by atoms with Crippen molar-refractivity contribution in [1.29, 1.82) is 0 Å². The van der Waals surface area contributed by atoms with Crippen molar-refractivity contribution in [3.8, 4) is 0 Å². The van der Waals surface area contributed by atoms with E-state index in [4.69, 9.17) is 5.73 Å². The number of nitrogens with one attached hydrogen (secondary N) is 1. The van der Waals surface area contributed by atoms with Gasteiger partial charge in [-0.3, -0.25) is 9.48 Å². The van der Waals surface area contributed by atoms with E-state index in [1.165, 1.54) is 0 Å². The number of aromatic nitrogens is 2. The summed E-state index contributed by atoms with van der Waals surface area (Å²) in [6.07, 6.45) is 4.93. The molecule has 16 heavy (non-hydrogen) atoms. The molecule has 2 atom stereocenters. The van der Waals surface area contributed by atoms with Crippen LogP contribution in [-0.2, 0) is 11.3 Å². The zero-order valence-electron chi connectivity index (χ0n) is 9.52. The maximum Gasteiger partial charge on any atom is 0.222 e. The second kappa shape index (κ2) is 4.65. The third-order valence-corrected chi connectivity index (χ3v) is 3.11. The van der Waals surface area contributed by atoms with Crippen LogP contribution in [0.1, 0.15) is 24.8 Å². The van der Waals surface area contributed by atoms with Gasteiger partial charge >= 0.3 is 0 Å². The van der Waals surface area contributed by atoms with E-state index in [-0.39, 0.29) is 17.7 Å².